The summed E-state index contributed by atoms with van der Waals surface area (Å²) in [6.45, 7) is -0.576. The number of nitrogens with zero attached hydrogens (tertiary/aromatic N) is 4. The number of nitrogens with two attached hydrogens (primary N) is 1. The van der Waals surface area contributed by atoms with Crippen LogP contribution in [0.1, 0.15) is 56.9 Å². The molecule has 1 saturated carbocycles. The van der Waals surface area contributed by atoms with Gasteiger partial charge >= 0.3 is 0 Å². The highest BCUT2D eigenvalue weighted by Crippen LogP contribution is 2.67. The van der Waals surface area contributed by atoms with Gasteiger partial charge in [-0.05, 0) is 60.2 Å². The lowest BCUT2D eigenvalue weighted by atomic mass is 9.94. The number of primary amides is 1. The standard InChI is InChI=1S/C31H25F5N6O2/c1-38-13-25-27-20-12-22(20)31(35,36)29(27)42(41-25)14-26(43)40-24(9-15-7-17(32)11-18(33)8-15)28-19(3-2-6-39-28)16-4-5-23(34)21(10-16)30(37)44/h2-8,10-11,13,20,22,24H,9,12,14H2,1H3,(H2,37,44)(H,40,43)/t20?,22?,24-/m0/s1. The summed E-state index contributed by atoms with van der Waals surface area (Å²) in [5, 5.41) is 7.01. The van der Waals surface area contributed by atoms with Crippen LogP contribution in [-0.2, 0) is 23.7 Å². The Kier molecular flexibility index (Phi) is 7.26. The van der Waals surface area contributed by atoms with Gasteiger partial charge in [-0.25, -0.2) is 13.2 Å². The molecule has 2 heterocycles. The van der Waals surface area contributed by atoms with E-state index >= 15 is 8.78 Å². The first-order chi connectivity index (χ1) is 21.0. The third-order valence-electron chi connectivity index (χ3n) is 7.91. The van der Waals surface area contributed by atoms with Crippen LogP contribution in [0.25, 0.3) is 11.1 Å². The fourth-order valence-electron chi connectivity index (χ4n) is 6.01. The summed E-state index contributed by atoms with van der Waals surface area (Å²) in [6.07, 6.45) is 2.98. The van der Waals surface area contributed by atoms with E-state index in [9.17, 15) is 22.8 Å². The highest BCUT2D eigenvalue weighted by Gasteiger charge is 2.66. The Bertz CT molecular complexity index is 1820. The van der Waals surface area contributed by atoms with E-state index in [1.807, 2.05) is 0 Å². The van der Waals surface area contributed by atoms with Crippen LogP contribution in [0.3, 0.4) is 0 Å². The van der Waals surface area contributed by atoms with Gasteiger partial charge in [-0.1, -0.05) is 12.1 Å². The molecule has 2 amide bonds. The molecule has 0 radical (unpaired) electrons. The minimum absolute atomic E-state index is 0.153. The first-order valence-electron chi connectivity index (χ1n) is 13.7. The second kappa shape index (κ2) is 11.0. The quantitative estimate of drug-likeness (QED) is 0.210. The maximum Gasteiger partial charge on any atom is 0.293 e. The molecule has 1 fully saturated rings. The number of halogens is 5. The number of aromatic nitrogens is 3. The normalized spacial score (nSPS) is 18.6. The van der Waals surface area contributed by atoms with E-state index in [0.29, 0.717) is 29.2 Å². The Balaban J connectivity index is 1.37. The molecule has 44 heavy (non-hydrogen) atoms. The van der Waals surface area contributed by atoms with E-state index in [1.165, 1.54) is 31.6 Å². The number of hydrogen-bond acceptors (Lipinski definition) is 5. The van der Waals surface area contributed by atoms with Gasteiger partial charge in [0.15, 0.2) is 0 Å². The van der Waals surface area contributed by atoms with Crippen LogP contribution in [-0.4, -0.2) is 39.8 Å². The molecule has 6 rings (SSSR count). The molecule has 4 aromatic rings. The first-order valence-corrected chi connectivity index (χ1v) is 13.7. The van der Waals surface area contributed by atoms with Crippen LogP contribution >= 0.6 is 0 Å². The zero-order valence-corrected chi connectivity index (χ0v) is 23.2. The summed E-state index contributed by atoms with van der Waals surface area (Å²) in [5.74, 6) is -8.59. The molecular weight excluding hydrogens is 583 g/mol. The number of rotatable bonds is 9. The Morgan fingerprint density at radius 2 is 1.91 bits per heavy atom. The third-order valence-corrected chi connectivity index (χ3v) is 7.91. The molecule has 8 nitrogen and oxygen atoms in total. The molecule has 226 valence electrons. The molecule has 3 N–H and O–H groups in total. The highest BCUT2D eigenvalue weighted by atomic mass is 19.3. The maximum absolute atomic E-state index is 15.2. The van der Waals surface area contributed by atoms with Crippen LogP contribution in [0.2, 0.25) is 0 Å². The fourth-order valence-corrected chi connectivity index (χ4v) is 6.01. The number of alkyl halides is 2. The van der Waals surface area contributed by atoms with E-state index < -0.39 is 53.7 Å². The fraction of sp³-hybridized carbons (Fsp3) is 0.258. The molecule has 2 aliphatic carbocycles. The monoisotopic (exact) mass is 608 g/mol. The lowest BCUT2D eigenvalue weighted by molar-refractivity contribution is -0.122. The van der Waals surface area contributed by atoms with Crippen LogP contribution in [0.5, 0.6) is 0 Å². The molecule has 0 spiro atoms. The third kappa shape index (κ3) is 5.22. The zero-order chi connectivity index (χ0) is 31.3. The van der Waals surface area contributed by atoms with Crippen LogP contribution in [0.4, 0.5) is 22.0 Å². The van der Waals surface area contributed by atoms with Crippen molar-refractivity contribution in [2.24, 2.45) is 16.6 Å². The topological polar surface area (TPSA) is 115 Å². The van der Waals surface area contributed by atoms with E-state index in [0.717, 1.165) is 22.9 Å². The predicted molar refractivity (Wildman–Crippen MR) is 150 cm³/mol. The Hall–Kier alpha value is -4.94. The lowest BCUT2D eigenvalue weighted by Crippen LogP contribution is -2.35. The van der Waals surface area contributed by atoms with Crippen molar-refractivity contribution in [3.05, 3.63) is 106 Å². The van der Waals surface area contributed by atoms with Gasteiger partial charge < -0.3 is 11.1 Å². The summed E-state index contributed by atoms with van der Waals surface area (Å²) in [6, 6.07) is 8.70. The van der Waals surface area contributed by atoms with Crippen molar-refractivity contribution in [2.45, 2.75) is 37.3 Å². The summed E-state index contributed by atoms with van der Waals surface area (Å²) in [5.41, 5.74) is 6.38. The Morgan fingerprint density at radius 3 is 2.61 bits per heavy atom. The molecule has 2 aliphatic rings. The van der Waals surface area contributed by atoms with Crippen molar-refractivity contribution in [2.75, 3.05) is 7.05 Å². The lowest BCUT2D eigenvalue weighted by Gasteiger charge is -2.22. The number of carbonyl (C=O) groups excluding carboxylic acids is 2. The van der Waals surface area contributed by atoms with Crippen molar-refractivity contribution in [1.82, 2.24) is 20.1 Å². The molecule has 0 bridgehead atoms. The number of amides is 2. The number of nitrogens with one attached hydrogen (secondary N) is 1. The van der Waals surface area contributed by atoms with Gasteiger partial charge in [0.05, 0.1) is 17.3 Å². The van der Waals surface area contributed by atoms with Crippen LogP contribution in [0.15, 0.2) is 59.7 Å². The van der Waals surface area contributed by atoms with E-state index in [4.69, 9.17) is 5.73 Å². The molecule has 3 atom stereocenters. The van der Waals surface area contributed by atoms with Crippen LogP contribution < -0.4 is 11.1 Å². The highest BCUT2D eigenvalue weighted by molar-refractivity contribution is 5.94. The molecule has 2 aromatic carbocycles. The molecular formula is C31H25F5N6O2. The van der Waals surface area contributed by atoms with Crippen molar-refractivity contribution < 1.29 is 31.5 Å². The van der Waals surface area contributed by atoms with Crippen LogP contribution in [0, 0.1) is 23.4 Å². The first kappa shape index (κ1) is 29.1. The van der Waals surface area contributed by atoms with Gasteiger partial charge in [0.1, 0.15) is 35.4 Å². The van der Waals surface area contributed by atoms with Gasteiger partial charge in [0.25, 0.3) is 11.8 Å². The second-order valence-corrected chi connectivity index (χ2v) is 10.9. The van der Waals surface area contributed by atoms with Gasteiger partial charge in [-0.2, -0.15) is 13.9 Å². The zero-order valence-electron chi connectivity index (χ0n) is 23.2. The second-order valence-electron chi connectivity index (χ2n) is 10.9. The smallest absolute Gasteiger partial charge is 0.293 e. The summed E-state index contributed by atoms with van der Waals surface area (Å²) < 4.78 is 73.9. The minimum atomic E-state index is -3.17. The minimum Gasteiger partial charge on any atom is -0.366 e. The van der Waals surface area contributed by atoms with E-state index in [2.05, 4.69) is 20.4 Å². The predicted octanol–water partition coefficient (Wildman–Crippen LogP) is 4.82. The average molecular weight is 609 g/mol. The maximum atomic E-state index is 15.2. The summed E-state index contributed by atoms with van der Waals surface area (Å²) in [7, 11) is 1.49. The number of aliphatic imine (C=N–C) groups is 1. The van der Waals surface area contributed by atoms with Gasteiger partial charge in [-0.3, -0.25) is 24.2 Å². The number of benzene rings is 2. The average Bonchev–Trinajstić information content (AvgIpc) is 3.63. The van der Waals surface area contributed by atoms with Crippen molar-refractivity contribution in [1.29, 1.82) is 0 Å². The Morgan fingerprint density at radius 1 is 1.16 bits per heavy atom. The van der Waals surface area contributed by atoms with Crippen molar-refractivity contribution >= 4 is 18.0 Å². The number of fused-ring (bicyclic) bond motifs is 3. The molecule has 2 unspecified atom stereocenters. The molecule has 13 heteroatoms. The molecule has 2 aromatic heterocycles. The van der Waals surface area contributed by atoms with Crippen molar-refractivity contribution in [3.8, 4) is 11.1 Å². The van der Waals surface area contributed by atoms with E-state index in [1.54, 1.807) is 12.1 Å². The van der Waals surface area contributed by atoms with Gasteiger partial charge in [0, 0.05) is 42.6 Å². The van der Waals surface area contributed by atoms with Gasteiger partial charge in [-0.15, -0.1) is 0 Å². The molecule has 0 saturated heterocycles. The summed E-state index contributed by atoms with van der Waals surface area (Å²) >= 11 is 0. The summed E-state index contributed by atoms with van der Waals surface area (Å²) in [4.78, 5) is 33.6. The van der Waals surface area contributed by atoms with Gasteiger partial charge in [0.2, 0.25) is 5.91 Å². The van der Waals surface area contributed by atoms with E-state index in [-0.39, 0.29) is 40.5 Å². The SMILES string of the molecule is CN=Cc1nn(CC(=O)N[C@@H](Cc2cc(F)cc(F)c2)c2ncccc2-c2ccc(F)c(C(N)=O)c2)c2c1C1CC1C2(F)F. The number of carbonyl (C=O) groups is 2. The largest absolute Gasteiger partial charge is 0.366 e. The Labute approximate surface area is 247 Å². The van der Waals surface area contributed by atoms with Crippen molar-refractivity contribution in [3.63, 3.8) is 0 Å². The number of pyridine rings is 1. The molecule has 0 aliphatic heterocycles. The number of hydrogen-bond donors (Lipinski definition) is 2.